The van der Waals surface area contributed by atoms with Gasteiger partial charge >= 0.3 is 5.97 Å². The van der Waals surface area contributed by atoms with Gasteiger partial charge in [0, 0.05) is 24.7 Å². The van der Waals surface area contributed by atoms with Crippen LogP contribution >= 0.6 is 0 Å². The van der Waals surface area contributed by atoms with Gasteiger partial charge in [-0.25, -0.2) is 13.8 Å². The Bertz CT molecular complexity index is 973. The Morgan fingerprint density at radius 2 is 1.76 bits per heavy atom. The van der Waals surface area contributed by atoms with E-state index in [-0.39, 0.29) is 25.0 Å². The number of rotatable bonds is 8. The van der Waals surface area contributed by atoms with Crippen molar-refractivity contribution in [3.05, 3.63) is 72.3 Å². The molecule has 0 radical (unpaired) electrons. The van der Waals surface area contributed by atoms with E-state index >= 15 is 0 Å². The lowest BCUT2D eigenvalue weighted by Crippen LogP contribution is -2.11. The maximum absolute atomic E-state index is 14.4. The number of pyridine rings is 1. The molecule has 0 saturated heterocycles. The molecule has 0 spiro atoms. The van der Waals surface area contributed by atoms with Crippen molar-refractivity contribution in [3.63, 3.8) is 0 Å². The van der Waals surface area contributed by atoms with E-state index in [0.717, 1.165) is 17.8 Å². The van der Waals surface area contributed by atoms with E-state index in [1.807, 2.05) is 48.3 Å². The number of carbonyl (C=O) groups is 1. The van der Waals surface area contributed by atoms with E-state index in [2.05, 4.69) is 4.98 Å². The van der Waals surface area contributed by atoms with Crippen molar-refractivity contribution < 1.29 is 23.4 Å². The molecule has 1 heterocycles. The fourth-order valence-corrected chi connectivity index (χ4v) is 2.80. The maximum atomic E-state index is 14.4. The van der Waals surface area contributed by atoms with E-state index in [4.69, 9.17) is 9.84 Å². The Balaban J connectivity index is 1.81. The second kappa shape index (κ2) is 9.14. The molecule has 0 amide bonds. The molecule has 7 heteroatoms. The lowest BCUT2D eigenvalue weighted by Gasteiger charge is -2.19. The second-order valence-corrected chi connectivity index (χ2v) is 6.39. The molecule has 0 aliphatic carbocycles. The Labute approximate surface area is 167 Å². The third-order valence-electron chi connectivity index (χ3n) is 4.30. The second-order valence-electron chi connectivity index (χ2n) is 6.39. The predicted octanol–water partition coefficient (Wildman–Crippen LogP) is 5.04. The Morgan fingerprint density at radius 3 is 2.41 bits per heavy atom. The summed E-state index contributed by atoms with van der Waals surface area (Å²) in [5.74, 6) is -2.60. The summed E-state index contributed by atoms with van der Waals surface area (Å²) in [7, 11) is 1.86. The van der Waals surface area contributed by atoms with Crippen LogP contribution in [0.4, 0.5) is 20.3 Å². The van der Waals surface area contributed by atoms with Gasteiger partial charge in [0.05, 0.1) is 12.3 Å². The van der Waals surface area contributed by atoms with Gasteiger partial charge in [0.25, 0.3) is 0 Å². The van der Waals surface area contributed by atoms with E-state index < -0.39 is 23.4 Å². The lowest BCUT2D eigenvalue weighted by atomic mass is 10.1. The maximum Gasteiger partial charge on any atom is 0.303 e. The predicted molar refractivity (Wildman–Crippen MR) is 106 cm³/mol. The van der Waals surface area contributed by atoms with E-state index in [1.54, 1.807) is 12.1 Å². The molecule has 2 aromatic carbocycles. The zero-order chi connectivity index (χ0) is 20.8. The van der Waals surface area contributed by atoms with Gasteiger partial charge in [0.2, 0.25) is 0 Å². The van der Waals surface area contributed by atoms with Crippen LogP contribution in [0, 0.1) is 11.6 Å². The van der Waals surface area contributed by atoms with Crippen molar-refractivity contribution in [2.24, 2.45) is 0 Å². The third-order valence-corrected chi connectivity index (χ3v) is 4.30. The van der Waals surface area contributed by atoms with Crippen molar-refractivity contribution in [3.8, 4) is 17.0 Å². The molecule has 29 heavy (non-hydrogen) atoms. The lowest BCUT2D eigenvalue weighted by molar-refractivity contribution is -0.137. The van der Waals surface area contributed by atoms with Crippen molar-refractivity contribution in [2.75, 3.05) is 18.6 Å². The molecule has 0 atom stereocenters. The average molecular weight is 398 g/mol. The standard InChI is InChI=1S/C22H20F2N2O3/c1-26(16-7-3-2-4-8-16)20-10-5-9-19(25-20)15-13-17(23)22(18(24)14-15)29-12-6-11-21(27)28/h2-5,7-10,13-14H,6,11-12H2,1H3,(H,27,28). The van der Waals surface area contributed by atoms with E-state index in [0.29, 0.717) is 11.5 Å². The zero-order valence-electron chi connectivity index (χ0n) is 15.8. The quantitative estimate of drug-likeness (QED) is 0.539. The monoisotopic (exact) mass is 398 g/mol. The molecular formula is C22H20F2N2O3. The number of hydrogen-bond donors (Lipinski definition) is 1. The summed E-state index contributed by atoms with van der Waals surface area (Å²) in [6.07, 6.45) is 0.0261. The minimum Gasteiger partial charge on any atom is -0.488 e. The van der Waals surface area contributed by atoms with Crippen LogP contribution in [-0.4, -0.2) is 29.7 Å². The van der Waals surface area contributed by atoms with Crippen LogP contribution in [-0.2, 0) is 4.79 Å². The Hall–Kier alpha value is -3.48. The summed E-state index contributed by atoms with van der Waals surface area (Å²) in [5.41, 5.74) is 1.63. The average Bonchev–Trinajstić information content (AvgIpc) is 2.72. The number of anilines is 2. The Morgan fingerprint density at radius 1 is 1.07 bits per heavy atom. The van der Waals surface area contributed by atoms with Gasteiger partial charge < -0.3 is 14.7 Å². The fraction of sp³-hybridized carbons (Fsp3) is 0.182. The number of benzene rings is 2. The number of halogens is 2. The first-order valence-corrected chi connectivity index (χ1v) is 9.05. The summed E-state index contributed by atoms with van der Waals surface area (Å²) in [6.45, 7) is -0.0882. The molecular weight excluding hydrogens is 378 g/mol. The minimum absolute atomic E-state index is 0.0882. The van der Waals surface area contributed by atoms with Crippen molar-refractivity contribution >= 4 is 17.5 Å². The van der Waals surface area contributed by atoms with Gasteiger partial charge in [-0.1, -0.05) is 24.3 Å². The highest BCUT2D eigenvalue weighted by atomic mass is 19.1. The van der Waals surface area contributed by atoms with Gasteiger partial charge in [0.1, 0.15) is 5.82 Å². The summed E-state index contributed by atoms with van der Waals surface area (Å²) in [6, 6.07) is 17.2. The van der Waals surface area contributed by atoms with Crippen LogP contribution in [0.25, 0.3) is 11.3 Å². The highest BCUT2D eigenvalue weighted by Crippen LogP contribution is 2.30. The van der Waals surface area contributed by atoms with Crippen molar-refractivity contribution in [1.29, 1.82) is 0 Å². The molecule has 0 fully saturated rings. The van der Waals surface area contributed by atoms with Gasteiger partial charge in [-0.3, -0.25) is 4.79 Å². The highest BCUT2D eigenvalue weighted by molar-refractivity contribution is 5.67. The van der Waals surface area contributed by atoms with Crippen LogP contribution in [0.5, 0.6) is 5.75 Å². The molecule has 5 nitrogen and oxygen atoms in total. The Kier molecular flexibility index (Phi) is 6.39. The molecule has 150 valence electrons. The number of carboxylic acids is 1. The number of carboxylic acid groups (broad SMARTS) is 1. The summed E-state index contributed by atoms with van der Waals surface area (Å²) < 4.78 is 33.9. The molecule has 0 aliphatic rings. The van der Waals surface area contributed by atoms with E-state index in [9.17, 15) is 13.6 Å². The number of nitrogens with zero attached hydrogens (tertiary/aromatic N) is 2. The molecule has 3 rings (SSSR count). The highest BCUT2D eigenvalue weighted by Gasteiger charge is 2.15. The number of ether oxygens (including phenoxy) is 1. The molecule has 0 saturated carbocycles. The van der Waals surface area contributed by atoms with Crippen LogP contribution in [0.3, 0.4) is 0 Å². The van der Waals surface area contributed by atoms with Gasteiger partial charge in [-0.2, -0.15) is 0 Å². The molecule has 0 unspecified atom stereocenters. The molecule has 0 bridgehead atoms. The molecule has 1 N–H and O–H groups in total. The number of hydrogen-bond acceptors (Lipinski definition) is 4. The van der Waals surface area contributed by atoms with Crippen molar-refractivity contribution in [1.82, 2.24) is 4.98 Å². The van der Waals surface area contributed by atoms with Crippen LogP contribution < -0.4 is 9.64 Å². The molecule has 0 aliphatic heterocycles. The summed E-state index contributed by atoms with van der Waals surface area (Å²) >= 11 is 0. The van der Waals surface area contributed by atoms with Crippen LogP contribution in [0.2, 0.25) is 0 Å². The number of aromatic nitrogens is 1. The SMILES string of the molecule is CN(c1ccccc1)c1cccc(-c2cc(F)c(OCCCC(=O)O)c(F)c2)n1. The first-order chi connectivity index (χ1) is 14.0. The fourth-order valence-electron chi connectivity index (χ4n) is 2.80. The first-order valence-electron chi connectivity index (χ1n) is 9.05. The normalized spacial score (nSPS) is 10.6. The van der Waals surface area contributed by atoms with Crippen molar-refractivity contribution in [2.45, 2.75) is 12.8 Å². The zero-order valence-corrected chi connectivity index (χ0v) is 15.8. The van der Waals surface area contributed by atoms with Crippen LogP contribution in [0.1, 0.15) is 12.8 Å². The third kappa shape index (κ3) is 5.07. The topological polar surface area (TPSA) is 62.7 Å². The van der Waals surface area contributed by atoms with Gasteiger partial charge in [-0.15, -0.1) is 0 Å². The first kappa shape index (κ1) is 20.3. The van der Waals surface area contributed by atoms with Gasteiger partial charge in [-0.05, 0) is 42.8 Å². The van der Waals surface area contributed by atoms with E-state index in [1.165, 1.54) is 0 Å². The number of para-hydroxylation sites is 1. The van der Waals surface area contributed by atoms with Gasteiger partial charge in [0.15, 0.2) is 17.4 Å². The minimum atomic E-state index is -0.990. The van der Waals surface area contributed by atoms with Crippen LogP contribution in [0.15, 0.2) is 60.7 Å². The molecule has 1 aromatic heterocycles. The summed E-state index contributed by atoms with van der Waals surface area (Å²) in [5, 5.41) is 8.60. The largest absolute Gasteiger partial charge is 0.488 e. The smallest absolute Gasteiger partial charge is 0.303 e. The molecule has 3 aromatic rings. The number of aliphatic carboxylic acids is 1. The summed E-state index contributed by atoms with van der Waals surface area (Å²) in [4.78, 5) is 16.9.